The van der Waals surface area contributed by atoms with E-state index in [2.05, 4.69) is 15.5 Å². The van der Waals surface area contributed by atoms with Gasteiger partial charge in [0.15, 0.2) is 10.9 Å². The highest BCUT2D eigenvalue weighted by Gasteiger charge is 2.17. The lowest BCUT2D eigenvalue weighted by atomic mass is 10.1. The Balaban J connectivity index is 1.55. The second-order valence-corrected chi connectivity index (χ2v) is 9.45. The van der Waals surface area contributed by atoms with Crippen LogP contribution < -0.4 is 5.32 Å². The molecule has 174 valence electrons. The summed E-state index contributed by atoms with van der Waals surface area (Å²) < 4.78 is 1.88. The third kappa shape index (κ3) is 5.78. The molecule has 1 heterocycles. The second-order valence-electron chi connectivity index (χ2n) is 7.69. The summed E-state index contributed by atoms with van der Waals surface area (Å²) in [6.07, 6.45) is 1.28. The molecule has 0 atom stereocenters. The van der Waals surface area contributed by atoms with Crippen molar-refractivity contribution in [1.29, 1.82) is 0 Å². The number of benzene rings is 3. The fourth-order valence-corrected chi connectivity index (χ4v) is 4.68. The molecule has 0 saturated carbocycles. The van der Waals surface area contributed by atoms with Crippen LogP contribution in [0, 0.1) is 0 Å². The van der Waals surface area contributed by atoms with E-state index in [0.717, 1.165) is 16.5 Å². The van der Waals surface area contributed by atoms with E-state index in [9.17, 15) is 9.59 Å². The number of halogens is 2. The molecule has 1 N–H and O–H groups in total. The summed E-state index contributed by atoms with van der Waals surface area (Å²) >= 11 is 13.7. The summed E-state index contributed by atoms with van der Waals surface area (Å²) in [5.41, 5.74) is 1.41. The lowest BCUT2D eigenvalue weighted by Crippen LogP contribution is -2.21. The van der Waals surface area contributed by atoms with Crippen molar-refractivity contribution in [1.82, 2.24) is 20.1 Å². The molecular weight excluding hydrogens is 491 g/mol. The monoisotopic (exact) mass is 512 g/mol. The molecule has 0 unspecified atom stereocenters. The van der Waals surface area contributed by atoms with Crippen LogP contribution in [0.25, 0.3) is 16.5 Å². The van der Waals surface area contributed by atoms with Gasteiger partial charge >= 0.3 is 0 Å². The minimum absolute atomic E-state index is 0.00616. The Morgan fingerprint density at radius 3 is 2.53 bits per heavy atom. The van der Waals surface area contributed by atoms with Gasteiger partial charge in [-0.05, 0) is 41.5 Å². The van der Waals surface area contributed by atoms with Crippen LogP contribution in [0.2, 0.25) is 10.0 Å². The molecule has 4 rings (SSSR count). The molecule has 1 amide bonds. The van der Waals surface area contributed by atoms with Crippen LogP contribution in [0.15, 0.2) is 65.8 Å². The standard InChI is InChI=1S/C25H22Cl2N4O2S/c1-16(32)28-12-4-7-24-29-30-25(31(24)20-10-11-21(26)22(27)14-20)34-15-23(33)19-9-8-17-5-2-3-6-18(17)13-19/h2-3,5-6,8-11,13-14H,4,7,12,15H2,1H3,(H,28,32). The van der Waals surface area contributed by atoms with Crippen LogP contribution in [0.5, 0.6) is 0 Å². The van der Waals surface area contributed by atoms with Crippen molar-refractivity contribution in [2.45, 2.75) is 24.9 Å². The zero-order valence-corrected chi connectivity index (χ0v) is 20.8. The van der Waals surface area contributed by atoms with Crippen molar-refractivity contribution < 1.29 is 9.59 Å². The SMILES string of the molecule is CC(=O)NCCCc1nnc(SCC(=O)c2ccc3ccccc3c2)n1-c1ccc(Cl)c(Cl)c1. The van der Waals surface area contributed by atoms with Gasteiger partial charge in [0.05, 0.1) is 21.5 Å². The van der Waals surface area contributed by atoms with Crippen LogP contribution in [-0.2, 0) is 11.2 Å². The number of thioether (sulfide) groups is 1. The van der Waals surface area contributed by atoms with Crippen LogP contribution in [-0.4, -0.2) is 38.8 Å². The summed E-state index contributed by atoms with van der Waals surface area (Å²) in [4.78, 5) is 24.1. The normalized spacial score (nSPS) is 11.0. The predicted octanol–water partition coefficient (Wildman–Crippen LogP) is 5.77. The summed E-state index contributed by atoms with van der Waals surface area (Å²) in [6, 6.07) is 19.0. The van der Waals surface area contributed by atoms with Crippen molar-refractivity contribution >= 4 is 57.4 Å². The number of Topliss-reactive ketones (excluding diaryl/α,β-unsaturated/α-hetero) is 1. The summed E-state index contributed by atoms with van der Waals surface area (Å²) in [5, 5.41) is 15.0. The predicted molar refractivity (Wildman–Crippen MR) is 137 cm³/mol. The van der Waals surface area contributed by atoms with E-state index in [-0.39, 0.29) is 17.4 Å². The summed E-state index contributed by atoms with van der Waals surface area (Å²) in [5.74, 6) is 0.856. The van der Waals surface area contributed by atoms with Crippen molar-refractivity contribution in [3.63, 3.8) is 0 Å². The lowest BCUT2D eigenvalue weighted by Gasteiger charge is -2.11. The Kier molecular flexibility index (Phi) is 7.88. The maximum absolute atomic E-state index is 12.9. The third-order valence-corrected chi connectivity index (χ3v) is 6.88. The van der Waals surface area contributed by atoms with Gasteiger partial charge in [-0.25, -0.2) is 0 Å². The Morgan fingerprint density at radius 2 is 1.76 bits per heavy atom. The average molecular weight is 513 g/mol. The van der Waals surface area contributed by atoms with Crippen molar-refractivity contribution in [2.75, 3.05) is 12.3 Å². The fourth-order valence-electron chi connectivity index (χ4n) is 3.53. The molecule has 0 radical (unpaired) electrons. The second kappa shape index (κ2) is 11.0. The topological polar surface area (TPSA) is 76.9 Å². The number of nitrogens with one attached hydrogen (secondary N) is 1. The quantitative estimate of drug-likeness (QED) is 0.175. The number of aromatic nitrogens is 3. The van der Waals surface area contributed by atoms with Gasteiger partial charge in [-0.1, -0.05) is 71.4 Å². The Labute approximate surface area is 211 Å². The maximum Gasteiger partial charge on any atom is 0.216 e. The number of hydrogen-bond acceptors (Lipinski definition) is 5. The van der Waals surface area contributed by atoms with Crippen molar-refractivity contribution in [3.05, 3.63) is 82.1 Å². The Hall–Kier alpha value is -2.87. The third-order valence-electron chi connectivity index (χ3n) is 5.22. The van der Waals surface area contributed by atoms with Gasteiger partial charge in [-0.15, -0.1) is 10.2 Å². The molecule has 0 saturated heterocycles. The molecule has 0 aliphatic heterocycles. The molecule has 1 aromatic heterocycles. The highest BCUT2D eigenvalue weighted by molar-refractivity contribution is 7.99. The van der Waals surface area contributed by atoms with Crippen molar-refractivity contribution in [3.8, 4) is 5.69 Å². The van der Waals surface area contributed by atoms with E-state index in [1.165, 1.54) is 18.7 Å². The summed E-state index contributed by atoms with van der Waals surface area (Å²) in [6.45, 7) is 2.02. The molecule has 6 nitrogen and oxygen atoms in total. The van der Waals surface area contributed by atoms with Gasteiger partial charge in [0.25, 0.3) is 0 Å². The number of ketones is 1. The van der Waals surface area contributed by atoms with Gasteiger partial charge in [0, 0.05) is 25.5 Å². The van der Waals surface area contributed by atoms with Crippen molar-refractivity contribution in [2.24, 2.45) is 0 Å². The molecule has 4 aromatic rings. The van der Waals surface area contributed by atoms with Crippen LogP contribution in [0.1, 0.15) is 29.5 Å². The van der Waals surface area contributed by atoms with E-state index in [0.29, 0.717) is 46.0 Å². The van der Waals surface area contributed by atoms with E-state index >= 15 is 0 Å². The largest absolute Gasteiger partial charge is 0.356 e. The van der Waals surface area contributed by atoms with Gasteiger partial charge < -0.3 is 5.32 Å². The fraction of sp³-hybridized carbons (Fsp3) is 0.200. The minimum atomic E-state index is -0.0746. The number of carbonyl (C=O) groups excluding carboxylic acids is 2. The molecule has 0 bridgehead atoms. The summed E-state index contributed by atoms with van der Waals surface area (Å²) in [7, 11) is 0. The smallest absolute Gasteiger partial charge is 0.216 e. The molecule has 9 heteroatoms. The van der Waals surface area contributed by atoms with Crippen LogP contribution >= 0.6 is 35.0 Å². The van der Waals surface area contributed by atoms with E-state index < -0.39 is 0 Å². The molecule has 0 aliphatic rings. The number of fused-ring (bicyclic) bond motifs is 1. The number of nitrogens with zero attached hydrogens (tertiary/aromatic N) is 3. The molecule has 3 aromatic carbocycles. The van der Waals surface area contributed by atoms with E-state index in [4.69, 9.17) is 23.2 Å². The van der Waals surface area contributed by atoms with Gasteiger partial charge in [0.2, 0.25) is 5.91 Å². The highest BCUT2D eigenvalue weighted by Crippen LogP contribution is 2.29. The maximum atomic E-state index is 12.9. The first kappa shape index (κ1) is 24.3. The molecular formula is C25H22Cl2N4O2S. The lowest BCUT2D eigenvalue weighted by molar-refractivity contribution is -0.118. The number of aryl methyl sites for hydroxylation is 1. The molecule has 0 spiro atoms. The van der Waals surface area contributed by atoms with Crippen LogP contribution in [0.3, 0.4) is 0 Å². The molecule has 0 fully saturated rings. The van der Waals surface area contributed by atoms with E-state index in [1.807, 2.05) is 53.1 Å². The Bertz CT molecular complexity index is 1360. The Morgan fingerprint density at radius 1 is 0.971 bits per heavy atom. The molecule has 0 aliphatic carbocycles. The van der Waals surface area contributed by atoms with Crippen LogP contribution in [0.4, 0.5) is 0 Å². The number of hydrogen-bond donors (Lipinski definition) is 1. The minimum Gasteiger partial charge on any atom is -0.356 e. The first-order valence-corrected chi connectivity index (χ1v) is 12.5. The van der Waals surface area contributed by atoms with Gasteiger partial charge in [-0.3, -0.25) is 14.2 Å². The zero-order valence-electron chi connectivity index (χ0n) is 18.4. The van der Waals surface area contributed by atoms with Gasteiger partial charge in [0.1, 0.15) is 5.82 Å². The average Bonchev–Trinajstić information content (AvgIpc) is 3.24. The number of rotatable bonds is 9. The first-order valence-electron chi connectivity index (χ1n) is 10.7. The number of carbonyl (C=O) groups is 2. The van der Waals surface area contributed by atoms with E-state index in [1.54, 1.807) is 12.1 Å². The highest BCUT2D eigenvalue weighted by atomic mass is 35.5. The zero-order chi connectivity index (χ0) is 24.1. The number of amides is 1. The molecule has 34 heavy (non-hydrogen) atoms. The van der Waals surface area contributed by atoms with Gasteiger partial charge in [-0.2, -0.15) is 0 Å². The first-order chi connectivity index (χ1) is 16.4.